The van der Waals surface area contributed by atoms with Crippen LogP contribution in [0.1, 0.15) is 34.1 Å². The molecule has 1 aliphatic heterocycles. The molecule has 2 N–H and O–H groups in total. The molecule has 0 aliphatic carbocycles. The zero-order chi connectivity index (χ0) is 16.7. The topological polar surface area (TPSA) is 57.5 Å². The quantitative estimate of drug-likeness (QED) is 0.291. The van der Waals surface area contributed by atoms with E-state index in [0.29, 0.717) is 18.0 Å². The van der Waals surface area contributed by atoms with Crippen LogP contribution in [0.4, 0.5) is 0 Å². The van der Waals surface area contributed by atoms with Crippen LogP contribution in [0.2, 0.25) is 0 Å². The Kier molecular flexibility index (Phi) is 9.65. The number of aliphatic imine (C=N–C) groups is 1. The number of hydrogen-bond donors (Lipinski definition) is 2. The molecule has 2 atom stereocenters. The average molecular weight is 448 g/mol. The maximum absolute atomic E-state index is 4.72. The first-order chi connectivity index (χ1) is 11.1. The second kappa shape index (κ2) is 10.9. The molecule has 1 aromatic heterocycles. The second-order valence-corrected chi connectivity index (χ2v) is 6.66. The van der Waals surface area contributed by atoms with Gasteiger partial charge in [0.1, 0.15) is 0 Å². The molecule has 1 fully saturated rings. The van der Waals surface area contributed by atoms with Gasteiger partial charge in [0.05, 0.1) is 0 Å². The predicted molar refractivity (Wildman–Crippen MR) is 111 cm³/mol. The van der Waals surface area contributed by atoms with Crippen molar-refractivity contribution in [3.8, 4) is 0 Å². The average Bonchev–Trinajstić information content (AvgIpc) is 3.14. The fraction of sp³-hybridized carbons (Fsp3) is 0.765. The van der Waals surface area contributed by atoms with Gasteiger partial charge in [-0.2, -0.15) is 5.10 Å². The Hall–Kier alpha value is -0.830. The van der Waals surface area contributed by atoms with E-state index >= 15 is 0 Å². The number of hydrogen-bond acceptors (Lipinski definition) is 3. The van der Waals surface area contributed by atoms with Gasteiger partial charge in [0.2, 0.25) is 0 Å². The molecule has 0 radical (unpaired) electrons. The molecule has 1 aromatic rings. The van der Waals surface area contributed by atoms with Crippen molar-refractivity contribution >= 4 is 29.9 Å². The van der Waals surface area contributed by atoms with Crippen molar-refractivity contribution in [2.45, 2.75) is 52.7 Å². The summed E-state index contributed by atoms with van der Waals surface area (Å²) in [5.41, 5.74) is 0. The van der Waals surface area contributed by atoms with Crippen molar-refractivity contribution in [1.82, 2.24) is 25.3 Å². The van der Waals surface area contributed by atoms with E-state index in [1.165, 1.54) is 0 Å². The van der Waals surface area contributed by atoms with Gasteiger partial charge in [0, 0.05) is 57.2 Å². The number of nitrogens with one attached hydrogen (secondary N) is 2. The fourth-order valence-corrected chi connectivity index (χ4v) is 2.97. The largest absolute Gasteiger partial charge is 0.357 e. The number of rotatable bonds is 7. The van der Waals surface area contributed by atoms with Gasteiger partial charge in [-0.15, -0.1) is 24.0 Å². The third-order valence-corrected chi connectivity index (χ3v) is 4.41. The van der Waals surface area contributed by atoms with Crippen LogP contribution in [0.15, 0.2) is 23.5 Å². The molecule has 0 bridgehead atoms. The lowest BCUT2D eigenvalue weighted by Gasteiger charge is -2.21. The first-order valence-electron chi connectivity index (χ1n) is 8.86. The normalized spacial score (nSPS) is 21.8. The first kappa shape index (κ1) is 21.2. The van der Waals surface area contributed by atoms with Gasteiger partial charge >= 0.3 is 0 Å². The Bertz CT molecular complexity index is 473. The van der Waals surface area contributed by atoms with Gasteiger partial charge in [0.15, 0.2) is 5.96 Å². The van der Waals surface area contributed by atoms with Crippen molar-refractivity contribution in [3.63, 3.8) is 0 Å². The monoisotopic (exact) mass is 448 g/mol. The van der Waals surface area contributed by atoms with Gasteiger partial charge in [-0.25, -0.2) is 0 Å². The summed E-state index contributed by atoms with van der Waals surface area (Å²) in [4.78, 5) is 7.25. The molecule has 2 heterocycles. The number of aromatic nitrogens is 2. The summed E-state index contributed by atoms with van der Waals surface area (Å²) < 4.78 is 1.95. The highest BCUT2D eigenvalue weighted by molar-refractivity contribution is 14.0. The number of aryl methyl sites for hydroxylation is 1. The van der Waals surface area contributed by atoms with E-state index in [1.54, 1.807) is 0 Å². The lowest BCUT2D eigenvalue weighted by molar-refractivity contribution is 0.265. The summed E-state index contributed by atoms with van der Waals surface area (Å²) in [5.74, 6) is 1.58. The summed E-state index contributed by atoms with van der Waals surface area (Å²) in [6.45, 7) is 13.8. The summed E-state index contributed by atoms with van der Waals surface area (Å²) in [6, 6.07) is 3.04. The molecular weight excluding hydrogens is 415 g/mol. The number of guanidine groups is 1. The minimum Gasteiger partial charge on any atom is -0.357 e. The zero-order valence-corrected chi connectivity index (χ0v) is 17.7. The van der Waals surface area contributed by atoms with E-state index in [4.69, 9.17) is 4.99 Å². The lowest BCUT2D eigenvalue weighted by atomic mass is 10.1. The van der Waals surface area contributed by atoms with Crippen molar-refractivity contribution < 1.29 is 0 Å². The highest BCUT2D eigenvalue weighted by Crippen LogP contribution is 2.18. The molecule has 1 saturated heterocycles. The highest BCUT2D eigenvalue weighted by atomic mass is 127. The number of nitrogens with zero attached hydrogens (tertiary/aromatic N) is 4. The SMILES string of the molecule is CCNC(=NCCCn1cccn1)NC1CN(C(C)C)CC1C.I. The smallest absolute Gasteiger partial charge is 0.191 e. The molecule has 138 valence electrons. The van der Waals surface area contributed by atoms with Crippen molar-refractivity contribution in [2.24, 2.45) is 10.9 Å². The van der Waals surface area contributed by atoms with Gasteiger partial charge in [-0.05, 0) is 39.2 Å². The summed E-state index contributed by atoms with van der Waals surface area (Å²) in [7, 11) is 0. The van der Waals surface area contributed by atoms with Crippen LogP contribution in [0.25, 0.3) is 0 Å². The van der Waals surface area contributed by atoms with Gasteiger partial charge < -0.3 is 10.6 Å². The fourth-order valence-electron chi connectivity index (χ4n) is 2.97. The molecular formula is C17H33IN6. The van der Waals surface area contributed by atoms with Crippen LogP contribution in [0, 0.1) is 5.92 Å². The zero-order valence-electron chi connectivity index (χ0n) is 15.4. The van der Waals surface area contributed by atoms with E-state index in [1.807, 2.05) is 23.1 Å². The molecule has 7 heteroatoms. The molecule has 24 heavy (non-hydrogen) atoms. The van der Waals surface area contributed by atoms with E-state index in [9.17, 15) is 0 Å². The van der Waals surface area contributed by atoms with Crippen LogP contribution in [-0.2, 0) is 6.54 Å². The van der Waals surface area contributed by atoms with Crippen molar-refractivity contribution in [2.75, 3.05) is 26.2 Å². The van der Waals surface area contributed by atoms with Crippen molar-refractivity contribution in [3.05, 3.63) is 18.5 Å². The standard InChI is InChI=1S/C17H32N6.HI/c1-5-18-17(19-8-6-10-23-11-7-9-20-23)21-16-13-22(14(2)3)12-15(16)4;/h7,9,11,14-16H,5-6,8,10,12-13H2,1-4H3,(H2,18,19,21);1H. The highest BCUT2D eigenvalue weighted by Gasteiger charge is 2.31. The van der Waals surface area contributed by atoms with Crippen LogP contribution >= 0.6 is 24.0 Å². The Labute approximate surface area is 163 Å². The molecule has 1 aliphatic rings. The third kappa shape index (κ3) is 6.58. The molecule has 0 amide bonds. The Morgan fingerprint density at radius 3 is 2.75 bits per heavy atom. The van der Waals surface area contributed by atoms with E-state index in [-0.39, 0.29) is 24.0 Å². The second-order valence-electron chi connectivity index (χ2n) is 6.66. The number of likely N-dealkylation sites (tertiary alicyclic amines) is 1. The van der Waals surface area contributed by atoms with Gasteiger partial charge in [-0.1, -0.05) is 6.92 Å². The third-order valence-electron chi connectivity index (χ3n) is 4.41. The van der Waals surface area contributed by atoms with Crippen LogP contribution in [0.3, 0.4) is 0 Å². The van der Waals surface area contributed by atoms with E-state index in [2.05, 4.69) is 48.3 Å². The van der Waals surface area contributed by atoms with Gasteiger partial charge in [0.25, 0.3) is 0 Å². The molecule has 0 saturated carbocycles. The minimum atomic E-state index is 0. The number of halogens is 1. The molecule has 0 spiro atoms. The van der Waals surface area contributed by atoms with Crippen LogP contribution in [-0.4, -0.2) is 58.9 Å². The summed E-state index contributed by atoms with van der Waals surface area (Å²) >= 11 is 0. The Morgan fingerprint density at radius 2 is 2.17 bits per heavy atom. The molecule has 6 nitrogen and oxygen atoms in total. The first-order valence-corrected chi connectivity index (χ1v) is 8.86. The predicted octanol–water partition coefficient (Wildman–Crippen LogP) is 2.18. The molecule has 2 rings (SSSR count). The van der Waals surface area contributed by atoms with Crippen LogP contribution in [0.5, 0.6) is 0 Å². The Morgan fingerprint density at radius 1 is 1.38 bits per heavy atom. The summed E-state index contributed by atoms with van der Waals surface area (Å²) in [5, 5.41) is 11.2. The van der Waals surface area contributed by atoms with Crippen LogP contribution < -0.4 is 10.6 Å². The van der Waals surface area contributed by atoms with E-state index < -0.39 is 0 Å². The van der Waals surface area contributed by atoms with Crippen molar-refractivity contribution in [1.29, 1.82) is 0 Å². The maximum atomic E-state index is 4.72. The van der Waals surface area contributed by atoms with E-state index in [0.717, 1.165) is 45.1 Å². The minimum absolute atomic E-state index is 0. The summed E-state index contributed by atoms with van der Waals surface area (Å²) in [6.07, 6.45) is 4.81. The molecule has 0 aromatic carbocycles. The maximum Gasteiger partial charge on any atom is 0.191 e. The van der Waals surface area contributed by atoms with Gasteiger partial charge in [-0.3, -0.25) is 14.6 Å². The lowest BCUT2D eigenvalue weighted by Crippen LogP contribution is -2.46. The molecule has 2 unspecified atom stereocenters. The Balaban J connectivity index is 0.00000288.